The zero-order valence-corrected chi connectivity index (χ0v) is 23.2. The highest BCUT2D eigenvalue weighted by atomic mass is 32.2. The molecule has 11 heteroatoms. The van der Waals surface area contributed by atoms with Gasteiger partial charge in [0.05, 0.1) is 22.6 Å². The molecule has 0 spiro atoms. The van der Waals surface area contributed by atoms with Gasteiger partial charge in [-0.3, -0.25) is 9.10 Å². The minimum absolute atomic E-state index is 0.129. The number of anilines is 2. The molecular formula is C27H31N3O6S2. The van der Waals surface area contributed by atoms with E-state index in [4.69, 9.17) is 4.74 Å². The molecule has 202 valence electrons. The number of rotatable bonds is 9. The first-order valence-corrected chi connectivity index (χ1v) is 15.2. The summed E-state index contributed by atoms with van der Waals surface area (Å²) in [6, 6.07) is 17.2. The van der Waals surface area contributed by atoms with Crippen LogP contribution in [-0.4, -0.2) is 53.8 Å². The third kappa shape index (κ3) is 5.40. The molecule has 0 saturated heterocycles. The van der Waals surface area contributed by atoms with Gasteiger partial charge in [0.2, 0.25) is 10.0 Å². The standard InChI is InChI=1S/C27H31N3O6S2/c1-4-29(5-2)37(32,33)24-13-8-20(9-14-24)27(31)28-22-10-17-26-21(19-22)7-6-18-30(26)38(34,35)25-15-11-23(36-3)12-16-25/h8-17,19H,4-7,18H2,1-3H3,(H,28,31). The second kappa shape index (κ2) is 11.1. The molecule has 0 saturated carbocycles. The number of aryl methyl sites for hydroxylation is 1. The van der Waals surface area contributed by atoms with Crippen LogP contribution in [0.4, 0.5) is 11.4 Å². The number of ether oxygens (including phenoxy) is 1. The third-order valence-corrected chi connectivity index (χ3v) is 10.4. The first-order valence-electron chi connectivity index (χ1n) is 12.3. The van der Waals surface area contributed by atoms with Gasteiger partial charge in [-0.2, -0.15) is 4.31 Å². The summed E-state index contributed by atoms with van der Waals surface area (Å²) >= 11 is 0. The first-order chi connectivity index (χ1) is 18.1. The van der Waals surface area contributed by atoms with Crippen molar-refractivity contribution in [2.24, 2.45) is 0 Å². The Bertz CT molecular complexity index is 1520. The molecule has 1 amide bonds. The van der Waals surface area contributed by atoms with E-state index in [2.05, 4.69) is 5.32 Å². The van der Waals surface area contributed by atoms with E-state index in [0.29, 0.717) is 55.2 Å². The van der Waals surface area contributed by atoms with Crippen LogP contribution in [0.5, 0.6) is 5.75 Å². The highest BCUT2D eigenvalue weighted by Crippen LogP contribution is 2.34. The number of amides is 1. The molecule has 0 fully saturated rings. The van der Waals surface area contributed by atoms with Gasteiger partial charge in [0.15, 0.2) is 0 Å². The van der Waals surface area contributed by atoms with E-state index in [-0.39, 0.29) is 9.79 Å². The molecule has 0 radical (unpaired) electrons. The molecule has 1 aliphatic heterocycles. The molecule has 0 bridgehead atoms. The molecule has 3 aromatic rings. The van der Waals surface area contributed by atoms with Crippen LogP contribution < -0.4 is 14.4 Å². The Morgan fingerprint density at radius 1 is 0.921 bits per heavy atom. The van der Waals surface area contributed by atoms with Crippen LogP contribution in [0.1, 0.15) is 36.2 Å². The third-order valence-electron chi connectivity index (χ3n) is 6.52. The molecule has 3 aromatic carbocycles. The monoisotopic (exact) mass is 557 g/mol. The Balaban J connectivity index is 1.52. The van der Waals surface area contributed by atoms with E-state index < -0.39 is 26.0 Å². The summed E-state index contributed by atoms with van der Waals surface area (Å²) in [5.41, 5.74) is 2.23. The fraction of sp³-hybridized carbons (Fsp3) is 0.296. The number of carbonyl (C=O) groups excluding carboxylic acids is 1. The number of methoxy groups -OCH3 is 1. The maximum Gasteiger partial charge on any atom is 0.264 e. The van der Waals surface area contributed by atoms with Gasteiger partial charge >= 0.3 is 0 Å². The Morgan fingerprint density at radius 3 is 2.16 bits per heavy atom. The molecule has 0 aromatic heterocycles. The molecule has 1 aliphatic rings. The summed E-state index contributed by atoms with van der Waals surface area (Å²) in [6.07, 6.45) is 1.31. The predicted octanol–water partition coefficient (Wildman–Crippen LogP) is 4.12. The number of sulfonamides is 2. The van der Waals surface area contributed by atoms with E-state index in [1.54, 1.807) is 44.2 Å². The SMILES string of the molecule is CCN(CC)S(=O)(=O)c1ccc(C(=O)Nc2ccc3c(c2)CCCN3S(=O)(=O)c2ccc(OC)cc2)cc1. The molecule has 1 heterocycles. The number of nitrogens with zero attached hydrogens (tertiary/aromatic N) is 2. The van der Waals surface area contributed by atoms with Crippen molar-refractivity contribution in [3.63, 3.8) is 0 Å². The van der Waals surface area contributed by atoms with Gasteiger partial charge < -0.3 is 10.1 Å². The fourth-order valence-corrected chi connectivity index (χ4v) is 7.46. The molecule has 1 N–H and O–H groups in total. The highest BCUT2D eigenvalue weighted by molar-refractivity contribution is 7.92. The fourth-order valence-electron chi connectivity index (χ4n) is 4.46. The van der Waals surface area contributed by atoms with Crippen LogP contribution in [0.2, 0.25) is 0 Å². The smallest absolute Gasteiger partial charge is 0.264 e. The summed E-state index contributed by atoms with van der Waals surface area (Å²) in [7, 11) is -5.86. The Kier molecular flexibility index (Phi) is 8.10. The van der Waals surface area contributed by atoms with Crippen molar-refractivity contribution in [3.8, 4) is 5.75 Å². The average molecular weight is 558 g/mol. The second-order valence-electron chi connectivity index (χ2n) is 8.77. The number of carbonyl (C=O) groups is 1. The number of hydrogen-bond donors (Lipinski definition) is 1. The van der Waals surface area contributed by atoms with Crippen molar-refractivity contribution in [1.29, 1.82) is 0 Å². The highest BCUT2D eigenvalue weighted by Gasteiger charge is 2.29. The van der Waals surface area contributed by atoms with Crippen LogP contribution in [0.3, 0.4) is 0 Å². The zero-order valence-electron chi connectivity index (χ0n) is 21.5. The van der Waals surface area contributed by atoms with E-state index in [9.17, 15) is 21.6 Å². The minimum Gasteiger partial charge on any atom is -0.497 e. The van der Waals surface area contributed by atoms with E-state index in [1.807, 2.05) is 0 Å². The minimum atomic E-state index is -3.77. The van der Waals surface area contributed by atoms with Gasteiger partial charge in [0, 0.05) is 30.9 Å². The Hall–Kier alpha value is -3.41. The van der Waals surface area contributed by atoms with Crippen molar-refractivity contribution in [2.75, 3.05) is 36.4 Å². The summed E-state index contributed by atoms with van der Waals surface area (Å²) in [5.74, 6) is 0.179. The first kappa shape index (κ1) is 27.6. The summed E-state index contributed by atoms with van der Waals surface area (Å²) < 4.78 is 60.0. The van der Waals surface area contributed by atoms with Gasteiger partial charge in [0.25, 0.3) is 15.9 Å². The summed E-state index contributed by atoms with van der Waals surface area (Å²) in [4.78, 5) is 13.2. The quantitative estimate of drug-likeness (QED) is 0.424. The largest absolute Gasteiger partial charge is 0.497 e. The number of nitrogens with one attached hydrogen (secondary N) is 1. The van der Waals surface area contributed by atoms with Crippen LogP contribution >= 0.6 is 0 Å². The molecule has 9 nitrogen and oxygen atoms in total. The lowest BCUT2D eigenvalue weighted by molar-refractivity contribution is 0.102. The van der Waals surface area contributed by atoms with Crippen LogP contribution in [-0.2, 0) is 26.5 Å². The molecule has 0 unspecified atom stereocenters. The number of benzene rings is 3. The maximum atomic E-state index is 13.3. The van der Waals surface area contributed by atoms with Crippen molar-refractivity contribution in [2.45, 2.75) is 36.5 Å². The van der Waals surface area contributed by atoms with Gasteiger partial charge in [-0.1, -0.05) is 13.8 Å². The maximum absolute atomic E-state index is 13.3. The lowest BCUT2D eigenvalue weighted by Gasteiger charge is -2.31. The second-order valence-corrected chi connectivity index (χ2v) is 12.6. The lowest BCUT2D eigenvalue weighted by Crippen LogP contribution is -2.35. The zero-order chi connectivity index (χ0) is 27.5. The van der Waals surface area contributed by atoms with Crippen molar-refractivity contribution >= 4 is 37.3 Å². The Morgan fingerprint density at radius 2 is 1.55 bits per heavy atom. The van der Waals surface area contributed by atoms with E-state index in [0.717, 1.165) is 5.56 Å². The number of fused-ring (bicyclic) bond motifs is 1. The predicted molar refractivity (Wildman–Crippen MR) is 147 cm³/mol. The molecule has 38 heavy (non-hydrogen) atoms. The van der Waals surface area contributed by atoms with E-state index in [1.165, 1.54) is 52.1 Å². The van der Waals surface area contributed by atoms with Gasteiger partial charge in [-0.25, -0.2) is 16.8 Å². The van der Waals surface area contributed by atoms with Gasteiger partial charge in [-0.05, 0) is 85.1 Å². The van der Waals surface area contributed by atoms with Crippen molar-refractivity contribution in [1.82, 2.24) is 4.31 Å². The average Bonchev–Trinajstić information content (AvgIpc) is 2.93. The molecule has 0 aliphatic carbocycles. The van der Waals surface area contributed by atoms with Gasteiger partial charge in [0.1, 0.15) is 5.75 Å². The van der Waals surface area contributed by atoms with Gasteiger partial charge in [-0.15, -0.1) is 0 Å². The molecule has 0 atom stereocenters. The molecular weight excluding hydrogens is 526 g/mol. The van der Waals surface area contributed by atoms with Crippen molar-refractivity contribution < 1.29 is 26.4 Å². The topological polar surface area (TPSA) is 113 Å². The lowest BCUT2D eigenvalue weighted by atomic mass is 10.0. The summed E-state index contributed by atoms with van der Waals surface area (Å²) in [5, 5.41) is 2.83. The van der Waals surface area contributed by atoms with Crippen LogP contribution in [0.15, 0.2) is 76.5 Å². The van der Waals surface area contributed by atoms with Crippen molar-refractivity contribution in [3.05, 3.63) is 77.9 Å². The van der Waals surface area contributed by atoms with E-state index >= 15 is 0 Å². The van der Waals surface area contributed by atoms with Crippen LogP contribution in [0, 0.1) is 0 Å². The normalized spacial score (nSPS) is 13.7. The number of hydrogen-bond acceptors (Lipinski definition) is 6. The van der Waals surface area contributed by atoms with Crippen LogP contribution in [0.25, 0.3) is 0 Å². The molecule has 4 rings (SSSR count). The Labute approximate surface area is 224 Å². The summed E-state index contributed by atoms with van der Waals surface area (Å²) in [6.45, 7) is 4.62.